The van der Waals surface area contributed by atoms with Crippen molar-refractivity contribution in [1.29, 1.82) is 0 Å². The van der Waals surface area contributed by atoms with E-state index in [1.165, 1.54) is 22.9 Å². The van der Waals surface area contributed by atoms with Gasteiger partial charge in [0, 0.05) is 6.20 Å². The Kier molecular flexibility index (Phi) is 4.28. The van der Waals surface area contributed by atoms with Gasteiger partial charge < -0.3 is 9.30 Å². The number of aromatic nitrogens is 4. The molecule has 2 N–H and O–H groups in total. The van der Waals surface area contributed by atoms with Crippen molar-refractivity contribution in [3.8, 4) is 6.01 Å². The molecule has 0 aliphatic rings. The molecule has 0 bridgehead atoms. The number of aromatic amines is 1. The lowest BCUT2D eigenvalue weighted by atomic mass is 10.4. The molecule has 0 spiro atoms. The molecule has 0 radical (unpaired) electrons. The van der Waals surface area contributed by atoms with Gasteiger partial charge in [-0.25, -0.2) is 13.9 Å². The molecular weight excluding hydrogens is 272 g/mol. The minimum absolute atomic E-state index is 0.0863. The molecule has 0 fully saturated rings. The van der Waals surface area contributed by atoms with Crippen LogP contribution in [0.25, 0.3) is 0 Å². The van der Waals surface area contributed by atoms with Gasteiger partial charge >= 0.3 is 6.01 Å². The van der Waals surface area contributed by atoms with Crippen molar-refractivity contribution in [1.82, 2.24) is 19.7 Å². The van der Waals surface area contributed by atoms with E-state index in [1.807, 2.05) is 0 Å². The summed E-state index contributed by atoms with van der Waals surface area (Å²) in [6, 6.07) is 3.06. The number of nitrogens with one attached hydrogen (secondary N) is 2. The largest absolute Gasteiger partial charge is 0.463 e. The number of alkyl halides is 2. The smallest absolute Gasteiger partial charge is 0.337 e. The minimum Gasteiger partial charge on any atom is -0.463 e. The fraction of sp³-hybridized carbons (Fsp3) is 0.364. The third-order valence-corrected chi connectivity index (χ3v) is 2.37. The van der Waals surface area contributed by atoms with Gasteiger partial charge in [0.15, 0.2) is 0 Å². The summed E-state index contributed by atoms with van der Waals surface area (Å²) in [4.78, 5) is 15.8. The molecule has 7 nitrogen and oxygen atoms in total. The summed E-state index contributed by atoms with van der Waals surface area (Å²) < 4.78 is 30.9. The number of rotatable bonds is 6. The van der Waals surface area contributed by atoms with E-state index in [0.717, 1.165) is 0 Å². The molecule has 9 heteroatoms. The Morgan fingerprint density at radius 2 is 2.40 bits per heavy atom. The molecule has 0 saturated heterocycles. The summed E-state index contributed by atoms with van der Waals surface area (Å²) >= 11 is 0. The van der Waals surface area contributed by atoms with Gasteiger partial charge in [-0.2, -0.15) is 4.98 Å². The molecule has 0 aliphatic carbocycles. The molecule has 108 valence electrons. The molecule has 0 unspecified atom stereocenters. The van der Waals surface area contributed by atoms with Gasteiger partial charge in [0.25, 0.3) is 12.3 Å². The van der Waals surface area contributed by atoms with Crippen LogP contribution >= 0.6 is 0 Å². The maximum absolute atomic E-state index is 12.4. The lowest BCUT2D eigenvalue weighted by Crippen LogP contribution is -2.19. The predicted molar refractivity (Wildman–Crippen MR) is 65.9 cm³/mol. The highest BCUT2D eigenvalue weighted by Gasteiger charge is 2.15. The number of hydrogen-bond acceptors (Lipinski definition) is 4. The maximum atomic E-state index is 12.4. The molecule has 0 aromatic carbocycles. The summed E-state index contributed by atoms with van der Waals surface area (Å²) in [5, 5.41) is 8.60. The summed E-state index contributed by atoms with van der Waals surface area (Å²) in [5.41, 5.74) is 0.111. The van der Waals surface area contributed by atoms with Gasteiger partial charge in [-0.15, -0.1) is 5.10 Å². The lowest BCUT2D eigenvalue weighted by Gasteiger charge is -2.07. The Bertz CT molecular complexity index is 581. The van der Waals surface area contributed by atoms with Crippen LogP contribution < -0.4 is 10.1 Å². The number of hydrogen-bond donors (Lipinski definition) is 2. The first-order valence-corrected chi connectivity index (χ1v) is 5.90. The highest BCUT2D eigenvalue weighted by Crippen LogP contribution is 2.10. The van der Waals surface area contributed by atoms with Gasteiger partial charge in [-0.1, -0.05) is 0 Å². The van der Waals surface area contributed by atoms with Gasteiger partial charge in [0.1, 0.15) is 5.69 Å². The first-order valence-electron chi connectivity index (χ1n) is 5.90. The van der Waals surface area contributed by atoms with Crippen molar-refractivity contribution in [2.45, 2.75) is 19.9 Å². The van der Waals surface area contributed by atoms with E-state index in [0.29, 0.717) is 6.61 Å². The molecule has 2 aromatic heterocycles. The SMILES string of the molecule is CCOc1n[nH]c(NC(=O)c2cccn2CC(F)F)n1. The van der Waals surface area contributed by atoms with Crippen molar-refractivity contribution in [2.75, 3.05) is 11.9 Å². The van der Waals surface area contributed by atoms with Crippen LogP contribution in [0.5, 0.6) is 6.01 Å². The number of nitrogens with zero attached hydrogens (tertiary/aromatic N) is 3. The Hall–Kier alpha value is -2.45. The van der Waals surface area contributed by atoms with Crippen LogP contribution in [-0.2, 0) is 6.54 Å². The van der Waals surface area contributed by atoms with Crippen LogP contribution in [0, 0.1) is 0 Å². The average molecular weight is 285 g/mol. The zero-order valence-electron chi connectivity index (χ0n) is 10.6. The third-order valence-electron chi connectivity index (χ3n) is 2.37. The fourth-order valence-corrected chi connectivity index (χ4v) is 1.60. The molecule has 20 heavy (non-hydrogen) atoms. The number of halogens is 2. The summed E-state index contributed by atoms with van der Waals surface area (Å²) in [6.07, 6.45) is -1.13. The summed E-state index contributed by atoms with van der Waals surface area (Å²) in [7, 11) is 0. The third kappa shape index (κ3) is 3.31. The van der Waals surface area contributed by atoms with Crippen LogP contribution in [0.15, 0.2) is 18.3 Å². The number of carbonyl (C=O) groups excluding carboxylic acids is 1. The number of anilines is 1. The van der Waals surface area contributed by atoms with Crippen LogP contribution in [0.4, 0.5) is 14.7 Å². The Morgan fingerprint density at radius 3 is 3.10 bits per heavy atom. The number of ether oxygens (including phenoxy) is 1. The highest BCUT2D eigenvalue weighted by atomic mass is 19.3. The fourth-order valence-electron chi connectivity index (χ4n) is 1.60. The topological polar surface area (TPSA) is 84.8 Å². The van der Waals surface area contributed by atoms with Gasteiger partial charge in [-0.3, -0.25) is 10.1 Å². The Labute approximate surface area is 113 Å². The maximum Gasteiger partial charge on any atom is 0.337 e. The van der Waals surface area contributed by atoms with E-state index < -0.39 is 18.9 Å². The Balaban J connectivity index is 2.05. The van der Waals surface area contributed by atoms with E-state index in [1.54, 1.807) is 6.92 Å². The highest BCUT2D eigenvalue weighted by molar-refractivity contribution is 6.02. The van der Waals surface area contributed by atoms with Gasteiger partial charge in [-0.05, 0) is 19.1 Å². The zero-order chi connectivity index (χ0) is 14.5. The van der Waals surface area contributed by atoms with E-state index in [-0.39, 0.29) is 17.7 Å². The standard InChI is InChI=1S/C11H13F2N5O2/c1-2-20-11-15-10(16-17-11)14-9(19)7-4-3-5-18(7)6-8(12)13/h3-5,8H,2,6H2,1H3,(H2,14,15,16,17,19). The van der Waals surface area contributed by atoms with E-state index in [9.17, 15) is 13.6 Å². The van der Waals surface area contributed by atoms with Crippen molar-refractivity contribution < 1.29 is 18.3 Å². The summed E-state index contributed by atoms with van der Waals surface area (Å²) in [6.45, 7) is 1.62. The monoisotopic (exact) mass is 285 g/mol. The normalized spacial score (nSPS) is 10.8. The van der Waals surface area contributed by atoms with E-state index in [4.69, 9.17) is 4.74 Å². The van der Waals surface area contributed by atoms with Gasteiger partial charge in [0.05, 0.1) is 13.2 Å². The lowest BCUT2D eigenvalue weighted by molar-refractivity contribution is 0.0997. The molecule has 1 amide bonds. The first kappa shape index (κ1) is 14.0. The second kappa shape index (κ2) is 6.13. The first-order chi connectivity index (χ1) is 9.60. The summed E-state index contributed by atoms with van der Waals surface area (Å²) in [5.74, 6) is -0.474. The molecule has 0 saturated carbocycles. The molecule has 2 heterocycles. The van der Waals surface area contributed by atoms with Crippen LogP contribution in [0.3, 0.4) is 0 Å². The molecular formula is C11H13F2N5O2. The van der Waals surface area contributed by atoms with Crippen molar-refractivity contribution in [3.63, 3.8) is 0 Å². The molecule has 2 aromatic rings. The van der Waals surface area contributed by atoms with Crippen molar-refractivity contribution in [2.24, 2.45) is 0 Å². The number of H-pyrrole nitrogens is 1. The minimum atomic E-state index is -2.54. The quantitative estimate of drug-likeness (QED) is 0.842. The molecule has 0 atom stereocenters. The number of amides is 1. The number of carbonyl (C=O) groups is 1. The van der Waals surface area contributed by atoms with E-state index in [2.05, 4.69) is 20.5 Å². The second-order valence-electron chi connectivity index (χ2n) is 3.79. The molecule has 2 rings (SSSR count). The van der Waals surface area contributed by atoms with Crippen LogP contribution in [0.1, 0.15) is 17.4 Å². The van der Waals surface area contributed by atoms with Gasteiger partial charge in [0.2, 0.25) is 5.95 Å². The van der Waals surface area contributed by atoms with Crippen molar-refractivity contribution in [3.05, 3.63) is 24.0 Å². The van der Waals surface area contributed by atoms with Crippen molar-refractivity contribution >= 4 is 11.9 Å². The predicted octanol–water partition coefficient (Wildman–Crippen LogP) is 1.52. The van der Waals surface area contributed by atoms with Crippen LogP contribution in [0.2, 0.25) is 0 Å². The molecule has 0 aliphatic heterocycles. The van der Waals surface area contributed by atoms with Crippen LogP contribution in [-0.4, -0.2) is 38.7 Å². The average Bonchev–Trinajstić information content (AvgIpc) is 2.98. The second-order valence-corrected chi connectivity index (χ2v) is 3.79. The zero-order valence-corrected chi connectivity index (χ0v) is 10.6. The Morgan fingerprint density at radius 1 is 1.60 bits per heavy atom. The van der Waals surface area contributed by atoms with E-state index >= 15 is 0 Å².